The smallest absolute Gasteiger partial charge is 0.417 e. The van der Waals surface area contributed by atoms with Gasteiger partial charge in [-0.1, -0.05) is 30.1 Å². The number of ether oxygens (including phenoxy) is 7. The lowest BCUT2D eigenvalue weighted by Crippen LogP contribution is -2.70. The molecular formula is C47H67N3O13. The van der Waals surface area contributed by atoms with Crippen molar-refractivity contribution < 1.29 is 62.9 Å². The van der Waals surface area contributed by atoms with E-state index < -0.39 is 35.5 Å². The number of carbonyl (C=O) groups is 2. The highest BCUT2D eigenvalue weighted by Gasteiger charge is 2.65. The van der Waals surface area contributed by atoms with Crippen molar-refractivity contribution in [1.82, 2.24) is 4.90 Å². The molecule has 0 saturated heterocycles. The second-order valence-corrected chi connectivity index (χ2v) is 16.8. The van der Waals surface area contributed by atoms with E-state index in [1.165, 1.54) is 14.2 Å². The third-order valence-electron chi connectivity index (χ3n) is 11.5. The van der Waals surface area contributed by atoms with E-state index in [9.17, 15) is 24.9 Å². The van der Waals surface area contributed by atoms with Crippen LogP contribution in [0.2, 0.25) is 0 Å². The zero-order chi connectivity index (χ0) is 45.6. The van der Waals surface area contributed by atoms with Crippen molar-refractivity contribution in [3.8, 4) is 23.0 Å². The first-order valence-corrected chi connectivity index (χ1v) is 22.0. The van der Waals surface area contributed by atoms with Gasteiger partial charge in [-0.2, -0.15) is 0 Å². The lowest BCUT2D eigenvalue weighted by molar-refractivity contribution is -0.256. The molecule has 0 spiro atoms. The number of fused-ring (bicyclic) bond motifs is 2. The van der Waals surface area contributed by atoms with E-state index in [4.69, 9.17) is 43.2 Å². The Labute approximate surface area is 371 Å². The highest BCUT2D eigenvalue weighted by molar-refractivity contribution is 6.03. The number of hydrogen-bond acceptors (Lipinski definition) is 14. The standard InChI is InChI=1S/C47H67N3O13/c1-8-24-60-47-41(50(45(55)59-9-2)20-25-58-26-23-53)30-38(49-63-46(3,4)5)35-27-31(14-10-12-21-51)34(15-11-13-22-52)42(43(35)47)36-28-33(17-19-39(36)62-47)61-44(54)48-37-18-16-32(56-6)29-40(37)57-7/h8,16-19,27-29,31,34,41-43,51-53H,1,9-15,20-26,30H2,2-7H3,(H,48,54). The first-order valence-electron chi connectivity index (χ1n) is 22.0. The monoisotopic (exact) mass is 881 g/mol. The zero-order valence-corrected chi connectivity index (χ0v) is 37.6. The predicted molar refractivity (Wildman–Crippen MR) is 237 cm³/mol. The zero-order valence-electron chi connectivity index (χ0n) is 37.6. The molecule has 6 unspecified atom stereocenters. The van der Waals surface area contributed by atoms with Crippen LogP contribution in [0.5, 0.6) is 23.0 Å². The van der Waals surface area contributed by atoms with Gasteiger partial charge < -0.3 is 53.3 Å². The number of unbranched alkanes of at least 4 members (excludes halogenated alkanes) is 2. The van der Waals surface area contributed by atoms with Crippen LogP contribution in [-0.4, -0.2) is 123 Å². The molecule has 1 saturated carbocycles. The molecule has 5 rings (SSSR count). The van der Waals surface area contributed by atoms with Gasteiger partial charge in [0.05, 0.1) is 64.6 Å². The summed E-state index contributed by atoms with van der Waals surface area (Å²) in [6.07, 6.45) is 6.85. The third kappa shape index (κ3) is 12.0. The number of anilines is 1. The molecule has 63 heavy (non-hydrogen) atoms. The quantitative estimate of drug-likeness (QED) is 0.0497. The second-order valence-electron chi connectivity index (χ2n) is 16.8. The predicted octanol–water partition coefficient (Wildman–Crippen LogP) is 7.21. The molecule has 6 atom stereocenters. The fraction of sp³-hybridized carbons (Fsp3) is 0.596. The lowest BCUT2D eigenvalue weighted by atomic mass is 9.55. The van der Waals surface area contributed by atoms with E-state index in [1.807, 2.05) is 26.8 Å². The fourth-order valence-electron chi connectivity index (χ4n) is 8.96. The van der Waals surface area contributed by atoms with Crippen LogP contribution in [0.15, 0.2) is 65.9 Å². The molecule has 1 heterocycles. The summed E-state index contributed by atoms with van der Waals surface area (Å²) in [6.45, 7) is 11.8. The number of rotatable bonds is 23. The number of nitrogens with zero attached hydrogens (tertiary/aromatic N) is 2. The van der Waals surface area contributed by atoms with Gasteiger partial charge in [-0.3, -0.25) is 10.2 Å². The molecule has 3 aliphatic rings. The van der Waals surface area contributed by atoms with Gasteiger partial charge in [0.1, 0.15) is 34.6 Å². The largest absolute Gasteiger partial charge is 0.497 e. The number of nitrogens with one attached hydrogen (secondary N) is 1. The summed E-state index contributed by atoms with van der Waals surface area (Å²) in [7, 11) is 3.03. The Bertz CT molecular complexity index is 1900. The van der Waals surface area contributed by atoms with Gasteiger partial charge in [0, 0.05) is 43.7 Å². The number of aliphatic hydroxyl groups is 3. The van der Waals surface area contributed by atoms with E-state index in [0.717, 1.165) is 30.4 Å². The summed E-state index contributed by atoms with van der Waals surface area (Å²) in [5.74, 6) is -0.937. The Morgan fingerprint density at radius 3 is 2.40 bits per heavy atom. The average molecular weight is 882 g/mol. The van der Waals surface area contributed by atoms with Gasteiger partial charge >= 0.3 is 12.2 Å². The minimum absolute atomic E-state index is 0.0191. The first kappa shape index (κ1) is 49.2. The van der Waals surface area contributed by atoms with Crippen LogP contribution in [0.25, 0.3) is 0 Å². The van der Waals surface area contributed by atoms with Crippen LogP contribution < -0.4 is 24.3 Å². The highest BCUT2D eigenvalue weighted by Crippen LogP contribution is 2.62. The fourth-order valence-corrected chi connectivity index (χ4v) is 8.96. The second kappa shape index (κ2) is 23.2. The van der Waals surface area contributed by atoms with Crippen LogP contribution in [0.4, 0.5) is 15.3 Å². The van der Waals surface area contributed by atoms with Crippen molar-refractivity contribution in [2.24, 2.45) is 22.9 Å². The average Bonchev–Trinajstić information content (AvgIpc) is 3.26. The normalized spacial score (nSPS) is 23.0. The molecule has 1 aliphatic heterocycles. The number of carbonyl (C=O) groups excluding carboxylic acids is 2. The summed E-state index contributed by atoms with van der Waals surface area (Å²) < 4.78 is 42.4. The molecule has 1 fully saturated rings. The van der Waals surface area contributed by atoms with Gasteiger partial charge in [-0.25, -0.2) is 9.59 Å². The summed E-state index contributed by atoms with van der Waals surface area (Å²) in [6, 6.07) is 9.40. The Balaban J connectivity index is 1.73. The molecule has 4 N–H and O–H groups in total. The number of hydrogen-bond donors (Lipinski definition) is 4. The minimum atomic E-state index is -1.54. The first-order chi connectivity index (χ1) is 30.4. The van der Waals surface area contributed by atoms with Crippen molar-refractivity contribution in [3.63, 3.8) is 0 Å². The highest BCUT2D eigenvalue weighted by atomic mass is 16.7. The van der Waals surface area contributed by atoms with E-state index in [1.54, 1.807) is 48.2 Å². The topological polar surface area (TPSA) is 196 Å². The number of methoxy groups -OCH3 is 2. The molecule has 16 nitrogen and oxygen atoms in total. The van der Waals surface area contributed by atoms with Gasteiger partial charge in [-0.05, 0) is 101 Å². The maximum Gasteiger partial charge on any atom is 0.417 e. The molecule has 2 amide bonds. The van der Waals surface area contributed by atoms with Gasteiger partial charge in [0.25, 0.3) is 0 Å². The van der Waals surface area contributed by atoms with E-state index in [2.05, 4.69) is 18.0 Å². The van der Waals surface area contributed by atoms with Crippen molar-refractivity contribution in [1.29, 1.82) is 0 Å². The van der Waals surface area contributed by atoms with Crippen LogP contribution >= 0.6 is 0 Å². The SMILES string of the molecule is C=CCOC12Oc3ccc(OC(=O)Nc4ccc(OC)cc4OC)cc3C3C(CCCCO)C(CCCCO)C=C(C(=NOC(C)(C)C)CC1N(CCOCCO)C(=O)OCC)C32. The molecule has 0 aromatic heterocycles. The maximum absolute atomic E-state index is 14.2. The number of amides is 2. The number of oxime groups is 1. The lowest BCUT2D eigenvalue weighted by Gasteiger charge is -2.59. The summed E-state index contributed by atoms with van der Waals surface area (Å²) in [5.41, 5.74) is 1.95. The molecular weight excluding hydrogens is 815 g/mol. The van der Waals surface area contributed by atoms with E-state index in [0.29, 0.717) is 47.9 Å². The molecule has 16 heteroatoms. The summed E-state index contributed by atoms with van der Waals surface area (Å²) in [5, 5.41) is 36.9. The number of aliphatic hydroxyl groups excluding tert-OH is 3. The summed E-state index contributed by atoms with van der Waals surface area (Å²) >= 11 is 0. The molecule has 2 aromatic rings. The third-order valence-corrected chi connectivity index (χ3v) is 11.5. The van der Waals surface area contributed by atoms with E-state index in [-0.39, 0.29) is 82.7 Å². The minimum Gasteiger partial charge on any atom is -0.497 e. The molecule has 0 bridgehead atoms. The van der Waals surface area contributed by atoms with Crippen LogP contribution in [0, 0.1) is 17.8 Å². The Morgan fingerprint density at radius 1 is 0.984 bits per heavy atom. The number of allylic oxidation sites excluding steroid dienone is 1. The van der Waals surface area contributed by atoms with Gasteiger partial charge in [-0.15, -0.1) is 6.58 Å². The van der Waals surface area contributed by atoms with Crippen LogP contribution in [0.1, 0.15) is 84.1 Å². The number of benzene rings is 2. The van der Waals surface area contributed by atoms with Crippen molar-refractivity contribution >= 4 is 23.6 Å². The summed E-state index contributed by atoms with van der Waals surface area (Å²) in [4.78, 5) is 35.5. The van der Waals surface area contributed by atoms with E-state index >= 15 is 0 Å². The van der Waals surface area contributed by atoms with Crippen molar-refractivity contribution in [3.05, 3.63) is 66.3 Å². The molecule has 348 valence electrons. The maximum atomic E-state index is 14.2. The van der Waals surface area contributed by atoms with Crippen molar-refractivity contribution in [2.45, 2.75) is 96.0 Å². The Kier molecular flexibility index (Phi) is 18.1. The van der Waals surface area contributed by atoms with Crippen LogP contribution in [-0.2, 0) is 19.0 Å². The molecule has 2 aromatic carbocycles. The Morgan fingerprint density at radius 2 is 1.73 bits per heavy atom. The van der Waals surface area contributed by atoms with Crippen molar-refractivity contribution in [2.75, 3.05) is 72.3 Å². The van der Waals surface area contributed by atoms with Gasteiger partial charge in [0.15, 0.2) is 0 Å². The van der Waals surface area contributed by atoms with Gasteiger partial charge in [0.2, 0.25) is 5.79 Å². The molecule has 0 radical (unpaired) electrons. The van der Waals surface area contributed by atoms with Crippen LogP contribution in [0.3, 0.4) is 0 Å². The Hall–Kier alpha value is -4.87. The molecule has 2 aliphatic carbocycles.